The fourth-order valence-corrected chi connectivity index (χ4v) is 1.99. The number of ketones is 1. The Bertz CT molecular complexity index is 488. The van der Waals surface area contributed by atoms with Gasteiger partial charge in [0.25, 0.3) is 0 Å². The van der Waals surface area contributed by atoms with Gasteiger partial charge in [-0.25, -0.2) is 0 Å². The molecule has 1 nitrogen and oxygen atoms in total. The molecule has 0 amide bonds. The lowest BCUT2D eigenvalue weighted by Gasteiger charge is -2.26. The Hall–Kier alpha value is -1.46. The smallest absolute Gasteiger partial charge is 0.287 e. The van der Waals surface area contributed by atoms with Crippen LogP contribution in [0.1, 0.15) is 41.1 Å². The standard InChI is InChI=1S/C13H11F5O/c14-12(15,13(16,17)18)11(19)10-6-2-5-9(7-10)8-3-1-4-8/h2,5-8H,1,3-4H2. The van der Waals surface area contributed by atoms with Crippen LogP contribution in [0, 0.1) is 0 Å². The van der Waals surface area contributed by atoms with E-state index in [-0.39, 0.29) is 5.92 Å². The molecule has 0 unspecified atom stereocenters. The summed E-state index contributed by atoms with van der Waals surface area (Å²) in [6.45, 7) is 0. The molecular weight excluding hydrogens is 267 g/mol. The fraction of sp³-hybridized carbons (Fsp3) is 0.462. The summed E-state index contributed by atoms with van der Waals surface area (Å²) in [6.07, 6.45) is -3.13. The van der Waals surface area contributed by atoms with Gasteiger partial charge >= 0.3 is 12.1 Å². The number of Topliss-reactive ketones (excluding diaryl/α,β-unsaturated/α-hetero) is 1. The van der Waals surface area contributed by atoms with Gasteiger partial charge in [-0.15, -0.1) is 0 Å². The number of hydrogen-bond acceptors (Lipinski definition) is 1. The van der Waals surface area contributed by atoms with Gasteiger partial charge in [-0.2, -0.15) is 22.0 Å². The minimum atomic E-state index is -5.86. The van der Waals surface area contributed by atoms with Crippen LogP contribution in [0.3, 0.4) is 0 Å². The van der Waals surface area contributed by atoms with Gasteiger partial charge in [0.2, 0.25) is 5.78 Å². The highest BCUT2D eigenvalue weighted by Gasteiger charge is 2.63. The molecule has 1 saturated carbocycles. The largest absolute Gasteiger partial charge is 0.461 e. The quantitative estimate of drug-likeness (QED) is 0.594. The van der Waals surface area contributed by atoms with E-state index >= 15 is 0 Å². The van der Waals surface area contributed by atoms with Gasteiger partial charge in [0.05, 0.1) is 0 Å². The molecule has 1 aliphatic carbocycles. The minimum Gasteiger partial charge on any atom is -0.287 e. The van der Waals surface area contributed by atoms with Crippen LogP contribution in [0.15, 0.2) is 24.3 Å². The Balaban J connectivity index is 2.29. The van der Waals surface area contributed by atoms with E-state index in [4.69, 9.17) is 0 Å². The van der Waals surface area contributed by atoms with Crippen LogP contribution in [0.2, 0.25) is 0 Å². The van der Waals surface area contributed by atoms with Gasteiger partial charge in [-0.1, -0.05) is 24.6 Å². The van der Waals surface area contributed by atoms with Crippen LogP contribution in [0.4, 0.5) is 22.0 Å². The summed E-state index contributed by atoms with van der Waals surface area (Å²) >= 11 is 0. The van der Waals surface area contributed by atoms with Gasteiger partial charge in [0, 0.05) is 5.56 Å². The van der Waals surface area contributed by atoms with Gasteiger partial charge in [0.15, 0.2) is 0 Å². The van der Waals surface area contributed by atoms with E-state index in [9.17, 15) is 26.7 Å². The molecule has 1 aromatic carbocycles. The third-order valence-electron chi connectivity index (χ3n) is 3.37. The second-order valence-corrected chi connectivity index (χ2v) is 4.65. The molecule has 1 aromatic rings. The van der Waals surface area contributed by atoms with Crippen LogP contribution in [-0.2, 0) is 0 Å². The zero-order valence-corrected chi connectivity index (χ0v) is 9.81. The minimum absolute atomic E-state index is 0.159. The van der Waals surface area contributed by atoms with E-state index in [2.05, 4.69) is 0 Å². The molecule has 0 spiro atoms. The summed E-state index contributed by atoms with van der Waals surface area (Å²) in [5.74, 6) is -7.38. The number of carbonyl (C=O) groups is 1. The van der Waals surface area contributed by atoms with Gasteiger partial charge in [0.1, 0.15) is 0 Å². The normalized spacial score (nSPS) is 17.1. The topological polar surface area (TPSA) is 17.1 Å². The molecular formula is C13H11F5O. The summed E-state index contributed by atoms with van der Waals surface area (Å²) in [6, 6.07) is 5.12. The maximum Gasteiger partial charge on any atom is 0.461 e. The second kappa shape index (κ2) is 4.58. The number of benzene rings is 1. The molecule has 0 saturated heterocycles. The SMILES string of the molecule is O=C(c1cccc(C2CCC2)c1)C(F)(F)C(F)(F)F. The monoisotopic (exact) mass is 278 g/mol. The highest BCUT2D eigenvalue weighted by Crippen LogP contribution is 2.40. The van der Waals surface area contributed by atoms with Crippen molar-refractivity contribution in [3.8, 4) is 0 Å². The van der Waals surface area contributed by atoms with Crippen LogP contribution >= 0.6 is 0 Å². The maximum atomic E-state index is 13.0. The van der Waals surface area contributed by atoms with E-state index in [1.165, 1.54) is 6.07 Å². The summed E-state index contributed by atoms with van der Waals surface area (Å²) in [5, 5.41) is 0. The molecule has 0 heterocycles. The average molecular weight is 278 g/mol. The Kier molecular flexibility index (Phi) is 3.36. The van der Waals surface area contributed by atoms with Crippen LogP contribution in [-0.4, -0.2) is 17.9 Å². The third-order valence-corrected chi connectivity index (χ3v) is 3.37. The lowest BCUT2D eigenvalue weighted by molar-refractivity contribution is -0.255. The van der Waals surface area contributed by atoms with Gasteiger partial charge in [-0.3, -0.25) is 4.79 Å². The summed E-state index contributed by atoms with van der Waals surface area (Å²) in [4.78, 5) is 11.3. The molecule has 6 heteroatoms. The Labute approximate surface area is 106 Å². The maximum absolute atomic E-state index is 13.0. The average Bonchev–Trinajstić information content (AvgIpc) is 2.24. The first kappa shape index (κ1) is 14.0. The van der Waals surface area contributed by atoms with Crippen LogP contribution in [0.25, 0.3) is 0 Å². The van der Waals surface area contributed by atoms with Crippen molar-refractivity contribution in [2.75, 3.05) is 0 Å². The van der Waals surface area contributed by atoms with Crippen LogP contribution < -0.4 is 0 Å². The molecule has 1 aliphatic rings. The van der Waals surface area contributed by atoms with E-state index in [0.717, 1.165) is 31.4 Å². The van der Waals surface area contributed by atoms with E-state index in [0.29, 0.717) is 5.56 Å². The predicted molar refractivity (Wildman–Crippen MR) is 58.4 cm³/mol. The number of rotatable bonds is 3. The molecule has 0 aromatic heterocycles. The van der Waals surface area contributed by atoms with Crippen molar-refractivity contribution in [1.82, 2.24) is 0 Å². The van der Waals surface area contributed by atoms with E-state index in [1.807, 2.05) is 0 Å². The number of hydrogen-bond donors (Lipinski definition) is 0. The molecule has 104 valence electrons. The first-order valence-corrected chi connectivity index (χ1v) is 5.83. The Morgan fingerprint density at radius 3 is 2.21 bits per heavy atom. The lowest BCUT2D eigenvalue weighted by atomic mass is 9.79. The van der Waals surface area contributed by atoms with Gasteiger partial charge < -0.3 is 0 Å². The molecule has 0 bridgehead atoms. The first-order valence-electron chi connectivity index (χ1n) is 5.83. The highest BCUT2D eigenvalue weighted by molar-refractivity contribution is 6.02. The first-order chi connectivity index (χ1) is 8.73. The molecule has 0 atom stereocenters. The van der Waals surface area contributed by atoms with Crippen molar-refractivity contribution >= 4 is 5.78 Å². The van der Waals surface area contributed by atoms with Crippen molar-refractivity contribution in [2.24, 2.45) is 0 Å². The van der Waals surface area contributed by atoms with Crippen molar-refractivity contribution in [3.63, 3.8) is 0 Å². The fourth-order valence-electron chi connectivity index (χ4n) is 1.99. The highest BCUT2D eigenvalue weighted by atomic mass is 19.4. The lowest BCUT2D eigenvalue weighted by Crippen LogP contribution is -2.44. The Morgan fingerprint density at radius 1 is 1.11 bits per heavy atom. The van der Waals surface area contributed by atoms with E-state index in [1.54, 1.807) is 6.07 Å². The Morgan fingerprint density at radius 2 is 1.74 bits per heavy atom. The molecule has 0 radical (unpaired) electrons. The predicted octanol–water partition coefficient (Wildman–Crippen LogP) is 4.33. The van der Waals surface area contributed by atoms with Crippen LogP contribution in [0.5, 0.6) is 0 Å². The second-order valence-electron chi connectivity index (χ2n) is 4.65. The molecule has 0 N–H and O–H groups in total. The molecule has 0 aliphatic heterocycles. The van der Waals surface area contributed by atoms with E-state index < -0.39 is 23.4 Å². The zero-order valence-electron chi connectivity index (χ0n) is 9.81. The number of carbonyl (C=O) groups excluding carboxylic acids is 1. The summed E-state index contributed by atoms with van der Waals surface area (Å²) in [7, 11) is 0. The molecule has 1 fully saturated rings. The summed E-state index contributed by atoms with van der Waals surface area (Å²) < 4.78 is 62.3. The van der Waals surface area contributed by atoms with Crippen molar-refractivity contribution in [3.05, 3.63) is 35.4 Å². The zero-order chi connectivity index (χ0) is 14.3. The van der Waals surface area contributed by atoms with Gasteiger partial charge in [-0.05, 0) is 30.4 Å². The van der Waals surface area contributed by atoms with Crippen molar-refractivity contribution < 1.29 is 26.7 Å². The number of alkyl halides is 5. The molecule has 2 rings (SSSR count). The number of halogens is 5. The van der Waals surface area contributed by atoms with Crippen molar-refractivity contribution in [2.45, 2.75) is 37.3 Å². The summed E-state index contributed by atoms with van der Waals surface area (Å²) in [5.41, 5.74) is 0.0572. The third kappa shape index (κ3) is 2.48. The molecule has 19 heavy (non-hydrogen) atoms. The van der Waals surface area contributed by atoms with Crippen molar-refractivity contribution in [1.29, 1.82) is 0 Å².